The third kappa shape index (κ3) is 6.17. The van der Waals surface area contributed by atoms with E-state index in [-0.39, 0.29) is 11.7 Å². The summed E-state index contributed by atoms with van der Waals surface area (Å²) in [6.07, 6.45) is 4.26. The molecule has 0 unspecified atom stereocenters. The zero-order valence-corrected chi connectivity index (χ0v) is 17.4. The van der Waals surface area contributed by atoms with E-state index in [0.717, 1.165) is 37.5 Å². The van der Waals surface area contributed by atoms with E-state index in [9.17, 15) is 9.18 Å². The number of carbonyl (C=O) groups excluding carboxylic acids is 1. The summed E-state index contributed by atoms with van der Waals surface area (Å²) in [6, 6.07) is 9.63. The predicted octanol–water partition coefficient (Wildman–Crippen LogP) is 2.94. The molecule has 1 fully saturated rings. The van der Waals surface area contributed by atoms with Crippen LogP contribution in [0, 0.1) is 11.7 Å². The van der Waals surface area contributed by atoms with Crippen LogP contribution in [0.5, 0.6) is 11.6 Å². The molecule has 0 saturated carbocycles. The maximum atomic E-state index is 13.2. The smallest absolute Gasteiger partial charge is 0.220 e. The second kappa shape index (κ2) is 10.6. The highest BCUT2D eigenvalue weighted by Gasteiger charge is 2.23. The number of piperidine rings is 1. The monoisotopic (exact) mass is 413 g/mol. The third-order valence-corrected chi connectivity index (χ3v) is 5.15. The van der Waals surface area contributed by atoms with Crippen molar-refractivity contribution in [2.75, 3.05) is 27.2 Å². The zero-order chi connectivity index (χ0) is 21.3. The molecule has 2 aromatic rings. The molecule has 1 aromatic heterocycles. The van der Waals surface area contributed by atoms with Gasteiger partial charge < -0.3 is 20.3 Å². The van der Waals surface area contributed by atoms with E-state index < -0.39 is 0 Å². The molecule has 1 amide bonds. The Kier molecular flexibility index (Phi) is 7.59. The van der Waals surface area contributed by atoms with Gasteiger partial charge in [0.1, 0.15) is 11.6 Å². The number of hydrogen-bond acceptors (Lipinski definition) is 4. The number of guanidine groups is 1. The Morgan fingerprint density at radius 3 is 2.73 bits per heavy atom. The van der Waals surface area contributed by atoms with Gasteiger partial charge in [0.25, 0.3) is 0 Å². The summed E-state index contributed by atoms with van der Waals surface area (Å²) in [5.41, 5.74) is 0.984. The number of rotatable bonds is 6. The molecule has 0 aliphatic carbocycles. The molecule has 0 bridgehead atoms. The molecule has 2 N–H and O–H groups in total. The van der Waals surface area contributed by atoms with Crippen molar-refractivity contribution in [2.24, 2.45) is 10.9 Å². The van der Waals surface area contributed by atoms with Crippen LogP contribution in [0.25, 0.3) is 0 Å². The van der Waals surface area contributed by atoms with Crippen LogP contribution < -0.4 is 15.4 Å². The van der Waals surface area contributed by atoms with Gasteiger partial charge in [-0.05, 0) is 36.5 Å². The standard InChI is InChI=1S/C22H28FN5O2/c1-24-20(29)12-16-8-10-28(11-9-16)22(25-2)27-15-17-6-7-21(26-14-17)30-19-5-3-4-18(23)13-19/h3-7,13-14,16H,8-12,15H2,1-2H3,(H,24,29)(H,25,27). The molecular weight excluding hydrogens is 385 g/mol. The van der Waals surface area contributed by atoms with E-state index in [0.29, 0.717) is 30.5 Å². The summed E-state index contributed by atoms with van der Waals surface area (Å²) in [5.74, 6) is 1.84. The summed E-state index contributed by atoms with van der Waals surface area (Å²) in [7, 11) is 3.45. The lowest BCUT2D eigenvalue weighted by Gasteiger charge is -2.34. The first kappa shape index (κ1) is 21.5. The number of aliphatic imine (C=N–C) groups is 1. The third-order valence-electron chi connectivity index (χ3n) is 5.15. The molecule has 30 heavy (non-hydrogen) atoms. The largest absolute Gasteiger partial charge is 0.439 e. The van der Waals surface area contributed by atoms with Gasteiger partial charge in [-0.3, -0.25) is 9.79 Å². The molecule has 1 aromatic carbocycles. The first-order chi connectivity index (χ1) is 14.6. The topological polar surface area (TPSA) is 78.9 Å². The van der Waals surface area contributed by atoms with Gasteiger partial charge in [0.05, 0.1) is 0 Å². The van der Waals surface area contributed by atoms with Crippen molar-refractivity contribution in [3.8, 4) is 11.6 Å². The Hall–Kier alpha value is -3.16. The molecule has 3 rings (SSSR count). The van der Waals surface area contributed by atoms with Gasteiger partial charge in [0.15, 0.2) is 5.96 Å². The molecule has 1 saturated heterocycles. The second-order valence-electron chi connectivity index (χ2n) is 7.27. The van der Waals surface area contributed by atoms with Crippen LogP contribution in [0.15, 0.2) is 47.6 Å². The maximum absolute atomic E-state index is 13.2. The van der Waals surface area contributed by atoms with Crippen molar-refractivity contribution in [3.63, 3.8) is 0 Å². The zero-order valence-electron chi connectivity index (χ0n) is 17.4. The van der Waals surface area contributed by atoms with Gasteiger partial charge in [-0.1, -0.05) is 12.1 Å². The molecular formula is C22H28FN5O2. The van der Waals surface area contributed by atoms with Gasteiger partial charge in [-0.25, -0.2) is 9.37 Å². The average Bonchev–Trinajstić information content (AvgIpc) is 2.76. The van der Waals surface area contributed by atoms with E-state index in [2.05, 4.69) is 25.5 Å². The van der Waals surface area contributed by atoms with Gasteiger partial charge in [0, 0.05) is 58.5 Å². The molecule has 0 radical (unpaired) electrons. The summed E-state index contributed by atoms with van der Waals surface area (Å²) in [6.45, 7) is 2.33. The number of amides is 1. The number of aromatic nitrogens is 1. The van der Waals surface area contributed by atoms with Crippen LogP contribution in [-0.2, 0) is 11.3 Å². The number of carbonyl (C=O) groups is 1. The first-order valence-electron chi connectivity index (χ1n) is 10.1. The molecule has 8 heteroatoms. The highest BCUT2D eigenvalue weighted by molar-refractivity contribution is 5.80. The molecule has 160 valence electrons. The number of pyridine rings is 1. The maximum Gasteiger partial charge on any atom is 0.220 e. The molecule has 7 nitrogen and oxygen atoms in total. The lowest BCUT2D eigenvalue weighted by atomic mass is 9.93. The lowest BCUT2D eigenvalue weighted by Crippen LogP contribution is -2.45. The minimum absolute atomic E-state index is 0.105. The average molecular weight is 413 g/mol. The predicted molar refractivity (Wildman–Crippen MR) is 114 cm³/mol. The van der Waals surface area contributed by atoms with Crippen molar-refractivity contribution >= 4 is 11.9 Å². The number of halogens is 1. The Bertz CT molecular complexity index is 864. The number of nitrogens with zero attached hydrogens (tertiary/aromatic N) is 3. The summed E-state index contributed by atoms with van der Waals surface area (Å²) >= 11 is 0. The normalized spacial score (nSPS) is 15.0. The molecule has 1 aliphatic rings. The Labute approximate surface area is 176 Å². The van der Waals surface area contributed by atoms with Gasteiger partial charge in [-0.2, -0.15) is 0 Å². The number of hydrogen-bond donors (Lipinski definition) is 2. The van der Waals surface area contributed by atoms with Crippen LogP contribution >= 0.6 is 0 Å². The van der Waals surface area contributed by atoms with Crippen LogP contribution in [-0.4, -0.2) is 48.9 Å². The number of ether oxygens (including phenoxy) is 1. The van der Waals surface area contributed by atoms with Gasteiger partial charge in [0.2, 0.25) is 11.8 Å². The van der Waals surface area contributed by atoms with Gasteiger partial charge in [-0.15, -0.1) is 0 Å². The molecule has 2 heterocycles. The fraction of sp³-hybridized carbons (Fsp3) is 0.409. The van der Waals surface area contributed by atoms with Crippen molar-refractivity contribution in [1.29, 1.82) is 0 Å². The number of likely N-dealkylation sites (tertiary alicyclic amines) is 1. The van der Waals surface area contributed by atoms with Crippen molar-refractivity contribution in [3.05, 3.63) is 54.0 Å². The van der Waals surface area contributed by atoms with Crippen LogP contribution in [0.2, 0.25) is 0 Å². The van der Waals surface area contributed by atoms with Crippen molar-refractivity contribution < 1.29 is 13.9 Å². The van der Waals surface area contributed by atoms with Crippen molar-refractivity contribution in [1.82, 2.24) is 20.5 Å². The van der Waals surface area contributed by atoms with E-state index in [1.165, 1.54) is 12.1 Å². The fourth-order valence-corrected chi connectivity index (χ4v) is 3.45. The number of benzene rings is 1. The fourth-order valence-electron chi connectivity index (χ4n) is 3.45. The summed E-state index contributed by atoms with van der Waals surface area (Å²) < 4.78 is 18.8. The van der Waals surface area contributed by atoms with Crippen molar-refractivity contribution in [2.45, 2.75) is 25.8 Å². The van der Waals surface area contributed by atoms with E-state index in [4.69, 9.17) is 4.74 Å². The highest BCUT2D eigenvalue weighted by Crippen LogP contribution is 2.21. The van der Waals surface area contributed by atoms with Crippen LogP contribution in [0.1, 0.15) is 24.8 Å². The number of nitrogens with one attached hydrogen (secondary N) is 2. The molecule has 0 atom stereocenters. The molecule has 0 spiro atoms. The first-order valence-corrected chi connectivity index (χ1v) is 10.1. The van der Waals surface area contributed by atoms with Crippen LogP contribution in [0.3, 0.4) is 0 Å². The van der Waals surface area contributed by atoms with Gasteiger partial charge >= 0.3 is 0 Å². The minimum Gasteiger partial charge on any atom is -0.439 e. The quantitative estimate of drug-likeness (QED) is 0.562. The Morgan fingerprint density at radius 2 is 2.10 bits per heavy atom. The Balaban J connectivity index is 1.48. The Morgan fingerprint density at radius 1 is 1.30 bits per heavy atom. The van der Waals surface area contributed by atoms with E-state index in [1.54, 1.807) is 38.5 Å². The van der Waals surface area contributed by atoms with Crippen LogP contribution in [0.4, 0.5) is 4.39 Å². The highest BCUT2D eigenvalue weighted by atomic mass is 19.1. The summed E-state index contributed by atoms with van der Waals surface area (Å²) in [5, 5.41) is 6.06. The van der Waals surface area contributed by atoms with E-state index >= 15 is 0 Å². The minimum atomic E-state index is -0.350. The van der Waals surface area contributed by atoms with E-state index in [1.807, 2.05) is 6.07 Å². The second-order valence-corrected chi connectivity index (χ2v) is 7.27. The molecule has 1 aliphatic heterocycles. The lowest BCUT2D eigenvalue weighted by molar-refractivity contribution is -0.121. The SMILES string of the molecule is CN=C(NCc1ccc(Oc2cccc(F)c2)nc1)N1CCC(CC(=O)NC)CC1. The summed E-state index contributed by atoms with van der Waals surface area (Å²) in [4.78, 5) is 22.4.